The van der Waals surface area contributed by atoms with Gasteiger partial charge in [0.15, 0.2) is 0 Å². The standard InChI is InChI=1S/C15H19I/c1-2-3-9-15(16)14-11-13(14)10-12-7-5-4-6-8-12/h4-8,13H,2-3,9-11H2,1H3/b15-14-. The van der Waals surface area contributed by atoms with Gasteiger partial charge in [-0.15, -0.1) is 0 Å². The van der Waals surface area contributed by atoms with Crippen molar-refractivity contribution >= 4 is 22.6 Å². The van der Waals surface area contributed by atoms with Crippen molar-refractivity contribution in [3.63, 3.8) is 0 Å². The van der Waals surface area contributed by atoms with E-state index >= 15 is 0 Å². The van der Waals surface area contributed by atoms with Gasteiger partial charge in [-0.05, 0) is 63.3 Å². The zero-order valence-electron chi connectivity index (χ0n) is 9.88. The van der Waals surface area contributed by atoms with Gasteiger partial charge in [-0.1, -0.05) is 49.2 Å². The molecular formula is C15H19I. The summed E-state index contributed by atoms with van der Waals surface area (Å²) in [5, 5.41) is 0. The lowest BCUT2D eigenvalue weighted by Gasteiger charge is -1.99. The molecule has 0 N–H and O–H groups in total. The van der Waals surface area contributed by atoms with Gasteiger partial charge < -0.3 is 0 Å². The first-order valence-corrected chi connectivity index (χ1v) is 7.30. The van der Waals surface area contributed by atoms with E-state index in [2.05, 4.69) is 59.8 Å². The van der Waals surface area contributed by atoms with Crippen molar-refractivity contribution in [1.82, 2.24) is 0 Å². The van der Waals surface area contributed by atoms with E-state index in [0.29, 0.717) is 0 Å². The molecule has 0 aliphatic heterocycles. The maximum atomic E-state index is 2.55. The Hall–Kier alpha value is -0.310. The van der Waals surface area contributed by atoms with Crippen LogP contribution in [-0.4, -0.2) is 0 Å². The summed E-state index contributed by atoms with van der Waals surface area (Å²) in [6, 6.07) is 10.9. The number of hydrogen-bond acceptors (Lipinski definition) is 0. The van der Waals surface area contributed by atoms with Gasteiger partial charge in [0, 0.05) is 0 Å². The third-order valence-corrected chi connectivity index (χ3v) is 4.45. The molecule has 0 aromatic heterocycles. The number of rotatable bonds is 5. The first kappa shape index (κ1) is 12.2. The molecule has 1 atom stereocenters. The molecule has 1 heteroatoms. The number of allylic oxidation sites excluding steroid dienone is 2. The Morgan fingerprint density at radius 2 is 2.06 bits per heavy atom. The molecular weight excluding hydrogens is 307 g/mol. The minimum atomic E-state index is 0.853. The van der Waals surface area contributed by atoms with E-state index in [1.54, 1.807) is 9.15 Å². The van der Waals surface area contributed by atoms with Crippen LogP contribution in [0.1, 0.15) is 38.2 Å². The van der Waals surface area contributed by atoms with Crippen LogP contribution >= 0.6 is 22.6 Å². The Morgan fingerprint density at radius 3 is 2.75 bits per heavy atom. The van der Waals surface area contributed by atoms with E-state index in [0.717, 1.165) is 5.92 Å². The molecule has 0 bridgehead atoms. The summed E-state index contributed by atoms with van der Waals surface area (Å²) in [5.41, 5.74) is 3.22. The molecule has 1 aromatic carbocycles. The molecule has 1 unspecified atom stereocenters. The number of halogens is 1. The van der Waals surface area contributed by atoms with Crippen LogP contribution in [0.3, 0.4) is 0 Å². The largest absolute Gasteiger partial charge is 0.0654 e. The second-order valence-electron chi connectivity index (χ2n) is 4.62. The van der Waals surface area contributed by atoms with Gasteiger partial charge in [0.05, 0.1) is 0 Å². The quantitative estimate of drug-likeness (QED) is 0.658. The lowest BCUT2D eigenvalue weighted by atomic mass is 10.1. The van der Waals surface area contributed by atoms with Crippen molar-refractivity contribution in [2.75, 3.05) is 0 Å². The average molecular weight is 326 g/mol. The number of hydrogen-bond donors (Lipinski definition) is 0. The third kappa shape index (κ3) is 3.34. The molecule has 0 nitrogen and oxygen atoms in total. The second-order valence-corrected chi connectivity index (χ2v) is 5.93. The van der Waals surface area contributed by atoms with Crippen LogP contribution in [0.5, 0.6) is 0 Å². The Kier molecular flexibility index (Phi) is 4.45. The average Bonchev–Trinajstić information content (AvgIpc) is 3.06. The minimum Gasteiger partial charge on any atom is -0.0654 e. The van der Waals surface area contributed by atoms with Crippen LogP contribution in [0.4, 0.5) is 0 Å². The van der Waals surface area contributed by atoms with Gasteiger partial charge in [-0.25, -0.2) is 0 Å². The highest BCUT2D eigenvalue weighted by atomic mass is 127. The lowest BCUT2D eigenvalue weighted by molar-refractivity contribution is 0.805. The monoisotopic (exact) mass is 326 g/mol. The zero-order valence-corrected chi connectivity index (χ0v) is 12.0. The lowest BCUT2D eigenvalue weighted by Crippen LogP contribution is -1.86. The molecule has 0 amide bonds. The fourth-order valence-corrected chi connectivity index (χ4v) is 3.17. The molecule has 1 aliphatic rings. The normalized spacial score (nSPS) is 22.0. The summed E-state index contributed by atoms with van der Waals surface area (Å²) in [6.07, 6.45) is 6.55. The predicted molar refractivity (Wildman–Crippen MR) is 78.8 cm³/mol. The molecule has 0 saturated heterocycles. The Balaban J connectivity index is 1.87. The first-order valence-electron chi connectivity index (χ1n) is 6.22. The van der Waals surface area contributed by atoms with Crippen LogP contribution in [-0.2, 0) is 6.42 Å². The SMILES string of the molecule is CCCC/C(I)=C1\CC1Cc1ccccc1. The highest BCUT2D eigenvalue weighted by molar-refractivity contribution is 14.1. The van der Waals surface area contributed by atoms with Gasteiger partial charge in [0.2, 0.25) is 0 Å². The number of unbranched alkanes of at least 4 members (excludes halogenated alkanes) is 1. The molecule has 2 rings (SSSR count). The zero-order chi connectivity index (χ0) is 11.4. The van der Waals surface area contributed by atoms with Gasteiger partial charge in [0.1, 0.15) is 0 Å². The molecule has 0 heterocycles. The molecule has 1 fully saturated rings. The van der Waals surface area contributed by atoms with Gasteiger partial charge >= 0.3 is 0 Å². The fraction of sp³-hybridized carbons (Fsp3) is 0.467. The van der Waals surface area contributed by atoms with E-state index in [1.165, 1.54) is 37.7 Å². The van der Waals surface area contributed by atoms with Crippen LogP contribution in [0.25, 0.3) is 0 Å². The van der Waals surface area contributed by atoms with Crippen molar-refractivity contribution in [1.29, 1.82) is 0 Å². The Bertz CT molecular complexity index is 364. The van der Waals surface area contributed by atoms with Crippen LogP contribution < -0.4 is 0 Å². The van der Waals surface area contributed by atoms with Gasteiger partial charge in [0.25, 0.3) is 0 Å². The summed E-state index contributed by atoms with van der Waals surface area (Å²) in [5.74, 6) is 0.853. The van der Waals surface area contributed by atoms with Crippen molar-refractivity contribution < 1.29 is 0 Å². The van der Waals surface area contributed by atoms with Crippen LogP contribution in [0, 0.1) is 5.92 Å². The van der Waals surface area contributed by atoms with Crippen LogP contribution in [0.2, 0.25) is 0 Å². The van der Waals surface area contributed by atoms with Crippen LogP contribution in [0.15, 0.2) is 39.5 Å². The Morgan fingerprint density at radius 1 is 1.31 bits per heavy atom. The van der Waals surface area contributed by atoms with E-state index in [4.69, 9.17) is 0 Å². The molecule has 1 aromatic rings. The topological polar surface area (TPSA) is 0 Å². The van der Waals surface area contributed by atoms with E-state index < -0.39 is 0 Å². The summed E-state index contributed by atoms with van der Waals surface area (Å²) < 4.78 is 1.64. The summed E-state index contributed by atoms with van der Waals surface area (Å²) in [6.45, 7) is 2.27. The summed E-state index contributed by atoms with van der Waals surface area (Å²) >= 11 is 2.55. The van der Waals surface area contributed by atoms with Crippen molar-refractivity contribution in [2.24, 2.45) is 5.92 Å². The Labute approximate surface area is 112 Å². The van der Waals surface area contributed by atoms with Crippen molar-refractivity contribution in [3.8, 4) is 0 Å². The van der Waals surface area contributed by atoms with E-state index in [-0.39, 0.29) is 0 Å². The fourth-order valence-electron chi connectivity index (χ4n) is 2.13. The summed E-state index contributed by atoms with van der Waals surface area (Å²) in [4.78, 5) is 0. The maximum absolute atomic E-state index is 2.55. The summed E-state index contributed by atoms with van der Waals surface area (Å²) in [7, 11) is 0. The predicted octanol–water partition coefficient (Wildman–Crippen LogP) is 5.13. The molecule has 0 radical (unpaired) electrons. The maximum Gasteiger partial charge on any atom is -0.00988 e. The van der Waals surface area contributed by atoms with Gasteiger partial charge in [-0.3, -0.25) is 0 Å². The molecule has 1 saturated carbocycles. The molecule has 0 spiro atoms. The van der Waals surface area contributed by atoms with Crippen molar-refractivity contribution in [2.45, 2.75) is 39.0 Å². The van der Waals surface area contributed by atoms with E-state index in [1.807, 2.05) is 0 Å². The highest BCUT2D eigenvalue weighted by Gasteiger charge is 2.31. The second kappa shape index (κ2) is 5.85. The third-order valence-electron chi connectivity index (χ3n) is 3.22. The smallest absolute Gasteiger partial charge is 0.00988 e. The van der Waals surface area contributed by atoms with Gasteiger partial charge in [-0.2, -0.15) is 0 Å². The molecule has 16 heavy (non-hydrogen) atoms. The first-order chi connectivity index (χ1) is 7.81. The van der Waals surface area contributed by atoms with Crippen molar-refractivity contribution in [3.05, 3.63) is 45.0 Å². The minimum absolute atomic E-state index is 0.853. The molecule has 1 aliphatic carbocycles. The molecule has 86 valence electrons. The highest BCUT2D eigenvalue weighted by Crippen LogP contribution is 2.45. The van der Waals surface area contributed by atoms with E-state index in [9.17, 15) is 0 Å². The number of benzene rings is 1.